The van der Waals surface area contributed by atoms with E-state index < -0.39 is 0 Å². The smallest absolute Gasteiger partial charge is 0.243 e. The average molecular weight is 326 g/mol. The summed E-state index contributed by atoms with van der Waals surface area (Å²) >= 11 is 0. The lowest BCUT2D eigenvalue weighted by Gasteiger charge is -2.23. The Bertz CT molecular complexity index is 647. The maximum atomic E-state index is 12.0. The van der Waals surface area contributed by atoms with Crippen molar-refractivity contribution in [1.82, 2.24) is 15.6 Å². The number of unbranched alkanes of at least 4 members (excludes halogenated alkanes) is 1. The van der Waals surface area contributed by atoms with E-state index >= 15 is 0 Å². The summed E-state index contributed by atoms with van der Waals surface area (Å²) in [5, 5.41) is 20.1. The fourth-order valence-corrected chi connectivity index (χ4v) is 2.44. The number of nitrogens with one attached hydrogen (secondary N) is 2. The van der Waals surface area contributed by atoms with Gasteiger partial charge in [-0.3, -0.25) is 15.1 Å². The first-order chi connectivity index (χ1) is 11.7. The van der Waals surface area contributed by atoms with Crippen LogP contribution in [0.4, 0.5) is 0 Å². The van der Waals surface area contributed by atoms with Crippen molar-refractivity contribution in [2.24, 2.45) is 10.1 Å². The second kappa shape index (κ2) is 9.30. The number of carbonyl (C=O) groups is 1. The van der Waals surface area contributed by atoms with Crippen molar-refractivity contribution < 1.29 is 4.79 Å². The molecule has 126 valence electrons. The molecular weight excluding hydrogens is 304 g/mol. The predicted octanol–water partition coefficient (Wildman–Crippen LogP) is 1.44. The van der Waals surface area contributed by atoms with Gasteiger partial charge in [0.05, 0.1) is 5.71 Å². The highest BCUT2D eigenvalue weighted by Gasteiger charge is 2.20. The molecule has 2 N–H and O–H groups in total. The Balaban J connectivity index is 1.81. The molecule has 7 nitrogen and oxygen atoms in total. The minimum absolute atomic E-state index is 0.0737. The zero-order valence-corrected chi connectivity index (χ0v) is 13.8. The summed E-state index contributed by atoms with van der Waals surface area (Å²) in [5.41, 5.74) is 2.04. The fraction of sp³-hybridized carbons (Fsp3) is 0.412. The van der Waals surface area contributed by atoms with Gasteiger partial charge < -0.3 is 5.32 Å². The van der Waals surface area contributed by atoms with Gasteiger partial charge in [-0.15, -0.1) is 0 Å². The van der Waals surface area contributed by atoms with Crippen LogP contribution < -0.4 is 10.6 Å². The number of aliphatic imine (C=N–C) groups is 1. The first kappa shape index (κ1) is 17.5. The highest BCUT2D eigenvalue weighted by molar-refractivity contribution is 6.04. The van der Waals surface area contributed by atoms with E-state index in [4.69, 9.17) is 5.26 Å². The van der Waals surface area contributed by atoms with Crippen LogP contribution >= 0.6 is 0 Å². The standard InChI is InChI=1S/C17H22N6O/c1-19-17(21-13-18)20-11-5-6-12-23-16(24)10-9-15(22-23)14-7-3-2-4-8-14/h2-4,7-8H,5-6,9-12H2,1H3,(H2,19,20,21). The normalized spacial score (nSPS) is 14.8. The highest BCUT2D eigenvalue weighted by Crippen LogP contribution is 2.15. The number of rotatable bonds is 6. The van der Waals surface area contributed by atoms with E-state index in [1.807, 2.05) is 36.5 Å². The topological polar surface area (TPSA) is 92.9 Å². The van der Waals surface area contributed by atoms with E-state index in [9.17, 15) is 4.79 Å². The monoisotopic (exact) mass is 326 g/mol. The third-order valence-corrected chi connectivity index (χ3v) is 3.70. The number of benzene rings is 1. The lowest BCUT2D eigenvalue weighted by atomic mass is 10.0. The van der Waals surface area contributed by atoms with Crippen molar-refractivity contribution >= 4 is 17.6 Å². The summed E-state index contributed by atoms with van der Waals surface area (Å²) in [6.07, 6.45) is 4.70. The van der Waals surface area contributed by atoms with Crippen LogP contribution in [-0.2, 0) is 4.79 Å². The van der Waals surface area contributed by atoms with Gasteiger partial charge in [0.15, 0.2) is 6.19 Å². The quantitative estimate of drug-likeness (QED) is 0.272. The first-order valence-corrected chi connectivity index (χ1v) is 8.03. The van der Waals surface area contributed by atoms with Crippen molar-refractivity contribution in [2.75, 3.05) is 20.1 Å². The Labute approximate surface area is 142 Å². The molecular formula is C17H22N6O. The lowest BCUT2D eigenvalue weighted by molar-refractivity contribution is -0.131. The molecule has 0 radical (unpaired) electrons. The SMILES string of the molecule is C/N=C(\NC#N)NCCCCN1N=C(c2ccccc2)CCC1=O. The number of hydrogen-bond acceptors (Lipinski definition) is 4. The van der Waals surface area contributed by atoms with Gasteiger partial charge in [0, 0.05) is 33.0 Å². The minimum Gasteiger partial charge on any atom is -0.356 e. The molecule has 7 heteroatoms. The van der Waals surface area contributed by atoms with Crippen LogP contribution in [0.15, 0.2) is 40.4 Å². The number of amides is 1. The molecule has 1 aliphatic heterocycles. The molecule has 2 rings (SSSR count). The van der Waals surface area contributed by atoms with Gasteiger partial charge in [0.2, 0.25) is 11.9 Å². The zero-order valence-electron chi connectivity index (χ0n) is 13.8. The van der Waals surface area contributed by atoms with Crippen molar-refractivity contribution in [2.45, 2.75) is 25.7 Å². The van der Waals surface area contributed by atoms with Crippen LogP contribution in [-0.4, -0.2) is 42.7 Å². The number of nitrogens with zero attached hydrogens (tertiary/aromatic N) is 4. The van der Waals surface area contributed by atoms with E-state index in [0.29, 0.717) is 31.9 Å². The van der Waals surface area contributed by atoms with Crippen molar-refractivity contribution in [3.05, 3.63) is 35.9 Å². The molecule has 0 bridgehead atoms. The Morgan fingerprint density at radius 1 is 1.33 bits per heavy atom. The average Bonchev–Trinajstić information content (AvgIpc) is 2.62. The molecule has 0 unspecified atom stereocenters. The summed E-state index contributed by atoms with van der Waals surface area (Å²) in [7, 11) is 1.61. The Morgan fingerprint density at radius 3 is 2.83 bits per heavy atom. The second-order valence-corrected chi connectivity index (χ2v) is 5.37. The van der Waals surface area contributed by atoms with E-state index in [2.05, 4.69) is 20.7 Å². The molecule has 0 aliphatic carbocycles. The molecule has 0 saturated heterocycles. The summed E-state index contributed by atoms with van der Waals surface area (Å²) in [5.74, 6) is 0.528. The predicted molar refractivity (Wildman–Crippen MR) is 93.3 cm³/mol. The largest absolute Gasteiger partial charge is 0.356 e. The summed E-state index contributed by atoms with van der Waals surface area (Å²) in [6, 6.07) is 9.96. The maximum Gasteiger partial charge on any atom is 0.243 e. The molecule has 1 heterocycles. The lowest BCUT2D eigenvalue weighted by Crippen LogP contribution is -2.36. The Kier molecular flexibility index (Phi) is 6.77. The van der Waals surface area contributed by atoms with E-state index in [1.165, 1.54) is 0 Å². The van der Waals surface area contributed by atoms with Crippen LogP contribution in [0.5, 0.6) is 0 Å². The third kappa shape index (κ3) is 5.09. The number of carbonyl (C=O) groups excluding carboxylic acids is 1. The molecule has 1 aliphatic rings. The minimum atomic E-state index is 0.0737. The fourth-order valence-electron chi connectivity index (χ4n) is 2.44. The van der Waals surface area contributed by atoms with Gasteiger partial charge in [0.25, 0.3) is 0 Å². The van der Waals surface area contributed by atoms with Crippen LogP contribution in [0.25, 0.3) is 0 Å². The van der Waals surface area contributed by atoms with Crippen LogP contribution in [0.2, 0.25) is 0 Å². The molecule has 1 amide bonds. The molecule has 0 aromatic heterocycles. The Morgan fingerprint density at radius 2 is 2.12 bits per heavy atom. The van der Waals surface area contributed by atoms with Crippen molar-refractivity contribution in [1.29, 1.82) is 5.26 Å². The van der Waals surface area contributed by atoms with Crippen molar-refractivity contribution in [3.63, 3.8) is 0 Å². The van der Waals surface area contributed by atoms with E-state index in [-0.39, 0.29) is 5.91 Å². The van der Waals surface area contributed by atoms with Crippen LogP contribution in [0.1, 0.15) is 31.2 Å². The molecule has 24 heavy (non-hydrogen) atoms. The number of hydrogen-bond donors (Lipinski definition) is 2. The van der Waals surface area contributed by atoms with Gasteiger partial charge in [-0.25, -0.2) is 5.01 Å². The first-order valence-electron chi connectivity index (χ1n) is 8.03. The van der Waals surface area contributed by atoms with Gasteiger partial charge in [-0.05, 0) is 18.4 Å². The summed E-state index contributed by atoms with van der Waals surface area (Å²) in [6.45, 7) is 1.28. The summed E-state index contributed by atoms with van der Waals surface area (Å²) < 4.78 is 0. The number of hydrazone groups is 1. The molecule has 0 saturated carbocycles. The molecule has 1 aromatic carbocycles. The van der Waals surface area contributed by atoms with Crippen LogP contribution in [0, 0.1) is 11.5 Å². The highest BCUT2D eigenvalue weighted by atomic mass is 16.2. The van der Waals surface area contributed by atoms with Crippen LogP contribution in [0.3, 0.4) is 0 Å². The van der Waals surface area contributed by atoms with Gasteiger partial charge in [0.1, 0.15) is 0 Å². The molecule has 0 spiro atoms. The van der Waals surface area contributed by atoms with E-state index in [0.717, 1.165) is 24.1 Å². The van der Waals surface area contributed by atoms with Gasteiger partial charge >= 0.3 is 0 Å². The number of guanidine groups is 1. The Hall–Kier alpha value is -2.88. The van der Waals surface area contributed by atoms with Gasteiger partial charge in [-0.2, -0.15) is 10.4 Å². The van der Waals surface area contributed by atoms with E-state index in [1.54, 1.807) is 12.1 Å². The molecule has 0 atom stereocenters. The molecule has 1 aromatic rings. The zero-order chi connectivity index (χ0) is 17.2. The van der Waals surface area contributed by atoms with Gasteiger partial charge in [-0.1, -0.05) is 30.3 Å². The maximum absolute atomic E-state index is 12.0. The van der Waals surface area contributed by atoms with Crippen molar-refractivity contribution in [3.8, 4) is 6.19 Å². The third-order valence-electron chi connectivity index (χ3n) is 3.70. The summed E-state index contributed by atoms with van der Waals surface area (Å²) in [4.78, 5) is 15.9. The second-order valence-electron chi connectivity index (χ2n) is 5.37. The number of nitriles is 1. The molecule has 0 fully saturated rings.